The summed E-state index contributed by atoms with van der Waals surface area (Å²) in [7, 11) is -9.87. The van der Waals surface area contributed by atoms with E-state index in [0.29, 0.717) is 25.7 Å². The van der Waals surface area contributed by atoms with Crippen LogP contribution in [0.2, 0.25) is 0 Å². The van der Waals surface area contributed by atoms with Crippen LogP contribution in [0.5, 0.6) is 0 Å². The van der Waals surface area contributed by atoms with Crippen LogP contribution >= 0.6 is 15.6 Å². The number of aliphatic hydroxyl groups excluding tert-OH is 1. The Kier molecular flexibility index (Phi) is 53.6. The van der Waals surface area contributed by atoms with E-state index in [1.54, 1.807) is 0 Å². The number of aliphatic hydroxyl groups is 1. The van der Waals surface area contributed by atoms with E-state index >= 15 is 0 Å². The van der Waals surface area contributed by atoms with Crippen LogP contribution in [0, 0.1) is 5.92 Å². The zero-order valence-corrected chi connectivity index (χ0v) is 53.0. The molecule has 0 spiro atoms. The molecule has 0 saturated heterocycles. The number of hydrogen-bond donors (Lipinski definition) is 3. The van der Waals surface area contributed by atoms with E-state index in [2.05, 4.69) is 34.6 Å². The molecule has 3 N–H and O–H groups in total. The fourth-order valence-corrected chi connectivity index (χ4v) is 10.6. The van der Waals surface area contributed by atoms with Crippen molar-refractivity contribution in [3.63, 3.8) is 0 Å². The number of phosphoric ester groups is 2. The number of unbranched alkanes of at least 4 members (excludes halogenated alkanes) is 32. The highest BCUT2D eigenvalue weighted by molar-refractivity contribution is 7.47. The number of carbonyl (C=O) groups excluding carboxylic acids is 4. The minimum Gasteiger partial charge on any atom is -0.462 e. The van der Waals surface area contributed by atoms with E-state index in [0.717, 1.165) is 109 Å². The molecule has 0 fully saturated rings. The van der Waals surface area contributed by atoms with E-state index < -0.39 is 97.5 Å². The Morgan fingerprint density at radius 1 is 0.350 bits per heavy atom. The highest BCUT2D eigenvalue weighted by Crippen LogP contribution is 2.45. The van der Waals surface area contributed by atoms with Gasteiger partial charge in [-0.15, -0.1) is 0 Å². The number of esters is 4. The van der Waals surface area contributed by atoms with Gasteiger partial charge in [-0.1, -0.05) is 253 Å². The van der Waals surface area contributed by atoms with Crippen molar-refractivity contribution in [3.05, 3.63) is 0 Å². The third-order valence-corrected chi connectivity index (χ3v) is 16.3. The van der Waals surface area contributed by atoms with Crippen LogP contribution in [0.4, 0.5) is 0 Å². The molecule has 0 bridgehead atoms. The molecule has 474 valence electrons. The van der Waals surface area contributed by atoms with E-state index in [4.69, 9.17) is 37.0 Å². The Balaban J connectivity index is 5.22. The van der Waals surface area contributed by atoms with Crippen LogP contribution in [0.15, 0.2) is 0 Å². The van der Waals surface area contributed by atoms with E-state index in [1.807, 2.05) is 0 Å². The molecule has 0 aliphatic carbocycles. The lowest BCUT2D eigenvalue weighted by atomic mass is 9.99. The number of rotatable bonds is 61. The van der Waals surface area contributed by atoms with E-state index in [1.165, 1.54) is 116 Å². The Bertz CT molecular complexity index is 1570. The molecule has 0 aromatic rings. The fourth-order valence-electron chi connectivity index (χ4n) is 9.02. The summed E-state index contributed by atoms with van der Waals surface area (Å²) in [6.07, 6.45) is 37.6. The molecule has 0 aliphatic heterocycles. The summed E-state index contributed by atoms with van der Waals surface area (Å²) in [6.45, 7) is 7.11. The van der Waals surface area contributed by atoms with Crippen LogP contribution < -0.4 is 0 Å². The minimum atomic E-state index is -4.94. The van der Waals surface area contributed by atoms with Crippen molar-refractivity contribution in [2.24, 2.45) is 5.92 Å². The van der Waals surface area contributed by atoms with Gasteiger partial charge in [0.1, 0.15) is 19.3 Å². The maximum absolute atomic E-state index is 12.9. The molecule has 6 atom stereocenters. The lowest BCUT2D eigenvalue weighted by molar-refractivity contribution is -0.161. The SMILES string of the molecule is CCCCCCCCCCCCCCC(=O)OC[C@H](COP(=O)(O)OC[C@@H](O)COP(=O)(O)OC[C@@H](COC(=O)CCCCCCCCC)OC(=O)CCCCCCCCCCC)OC(=O)CCCCCCCCCCC(C)CC. The quantitative estimate of drug-likeness (QED) is 0.0222. The van der Waals surface area contributed by atoms with Crippen molar-refractivity contribution >= 4 is 39.5 Å². The smallest absolute Gasteiger partial charge is 0.462 e. The maximum Gasteiger partial charge on any atom is 0.472 e. The summed E-state index contributed by atoms with van der Waals surface area (Å²) in [5, 5.41) is 10.5. The van der Waals surface area contributed by atoms with Crippen molar-refractivity contribution in [3.8, 4) is 0 Å². The second kappa shape index (κ2) is 55.0. The summed E-state index contributed by atoms with van der Waals surface area (Å²) in [5.74, 6) is -1.37. The molecule has 0 amide bonds. The first kappa shape index (κ1) is 78.1. The molecule has 80 heavy (non-hydrogen) atoms. The normalized spacial score (nSPS) is 14.7. The average molecular weight is 1190 g/mol. The van der Waals surface area contributed by atoms with Gasteiger partial charge in [-0.25, -0.2) is 9.13 Å². The molecule has 0 aliphatic rings. The van der Waals surface area contributed by atoms with Gasteiger partial charge in [0.15, 0.2) is 12.2 Å². The monoisotopic (exact) mass is 1180 g/mol. The zero-order valence-electron chi connectivity index (χ0n) is 51.2. The van der Waals surface area contributed by atoms with E-state index in [9.17, 15) is 43.2 Å². The van der Waals surface area contributed by atoms with E-state index in [-0.39, 0.29) is 25.7 Å². The van der Waals surface area contributed by atoms with Crippen LogP contribution in [-0.2, 0) is 65.4 Å². The predicted molar refractivity (Wildman–Crippen MR) is 317 cm³/mol. The molecular formula is C61H118O17P2. The van der Waals surface area contributed by atoms with Gasteiger partial charge in [-0.3, -0.25) is 37.3 Å². The third kappa shape index (κ3) is 54.0. The van der Waals surface area contributed by atoms with Gasteiger partial charge in [-0.2, -0.15) is 0 Å². The van der Waals surface area contributed by atoms with Crippen LogP contribution in [0.1, 0.15) is 304 Å². The summed E-state index contributed by atoms with van der Waals surface area (Å²) < 4.78 is 67.8. The molecule has 19 heteroatoms. The molecule has 0 radical (unpaired) electrons. The Labute approximate surface area is 486 Å². The van der Waals surface area contributed by atoms with Gasteiger partial charge in [0.25, 0.3) is 0 Å². The molecule has 17 nitrogen and oxygen atoms in total. The summed E-state index contributed by atoms with van der Waals surface area (Å²) >= 11 is 0. The molecular weight excluding hydrogens is 1070 g/mol. The molecule has 3 unspecified atom stereocenters. The summed E-state index contributed by atoms with van der Waals surface area (Å²) in [5.41, 5.74) is 0. The van der Waals surface area contributed by atoms with Crippen molar-refractivity contribution in [2.45, 2.75) is 323 Å². The summed E-state index contributed by atoms with van der Waals surface area (Å²) in [4.78, 5) is 71.9. The Hall–Kier alpha value is -1.94. The number of phosphoric acid groups is 2. The molecule has 0 saturated carbocycles. The Morgan fingerprint density at radius 2 is 0.600 bits per heavy atom. The van der Waals surface area contributed by atoms with Gasteiger partial charge in [-0.05, 0) is 31.6 Å². The lowest BCUT2D eigenvalue weighted by Crippen LogP contribution is -2.30. The first-order valence-electron chi connectivity index (χ1n) is 32.2. The predicted octanol–water partition coefficient (Wildman–Crippen LogP) is 16.6. The third-order valence-electron chi connectivity index (χ3n) is 14.4. The van der Waals surface area contributed by atoms with Crippen LogP contribution in [-0.4, -0.2) is 96.7 Å². The lowest BCUT2D eigenvalue weighted by Gasteiger charge is -2.21. The second-order valence-corrected chi connectivity index (χ2v) is 25.2. The van der Waals surface area contributed by atoms with Gasteiger partial charge in [0.05, 0.1) is 26.4 Å². The molecule has 0 rings (SSSR count). The number of hydrogen-bond acceptors (Lipinski definition) is 15. The summed E-state index contributed by atoms with van der Waals surface area (Å²) in [6, 6.07) is 0. The Morgan fingerprint density at radius 3 is 0.887 bits per heavy atom. The largest absolute Gasteiger partial charge is 0.472 e. The van der Waals surface area contributed by atoms with Crippen molar-refractivity contribution in [1.82, 2.24) is 0 Å². The first-order chi connectivity index (χ1) is 38.6. The fraction of sp³-hybridized carbons (Fsp3) is 0.934. The van der Waals surface area contributed by atoms with Crippen molar-refractivity contribution in [1.29, 1.82) is 0 Å². The number of carbonyl (C=O) groups is 4. The average Bonchev–Trinajstić information content (AvgIpc) is 3.43. The molecule has 0 aromatic carbocycles. The first-order valence-corrected chi connectivity index (χ1v) is 35.2. The topological polar surface area (TPSA) is 237 Å². The zero-order chi connectivity index (χ0) is 59.2. The van der Waals surface area contributed by atoms with Crippen LogP contribution in [0.25, 0.3) is 0 Å². The minimum absolute atomic E-state index is 0.105. The number of ether oxygens (including phenoxy) is 4. The van der Waals surface area contributed by atoms with Gasteiger partial charge in [0.2, 0.25) is 0 Å². The van der Waals surface area contributed by atoms with Crippen LogP contribution in [0.3, 0.4) is 0 Å². The highest BCUT2D eigenvalue weighted by atomic mass is 31.2. The second-order valence-electron chi connectivity index (χ2n) is 22.3. The maximum atomic E-state index is 12.9. The van der Waals surface area contributed by atoms with Crippen molar-refractivity contribution < 1.29 is 80.2 Å². The van der Waals surface area contributed by atoms with Gasteiger partial charge in [0, 0.05) is 25.7 Å². The van der Waals surface area contributed by atoms with Gasteiger partial charge >= 0.3 is 39.5 Å². The standard InChI is InChI=1S/C61H118O17P2/c1-6-10-13-16-19-21-22-23-25-30-35-40-45-59(64)72-51-57(78-61(66)47-42-37-32-27-26-29-33-38-43-54(5)9-4)53-76-80(69,70)74-49-55(62)48-73-79(67,68)75-52-56(50-71-58(63)44-39-34-28-18-15-12-8-3)77-60(65)46-41-36-31-24-20-17-14-11-7-2/h54-57,62H,6-53H2,1-5H3,(H,67,68)(H,69,70)/t54?,55-,56+,57+/m0/s1. The molecule has 0 aromatic heterocycles. The highest BCUT2D eigenvalue weighted by Gasteiger charge is 2.30. The van der Waals surface area contributed by atoms with Crippen molar-refractivity contribution in [2.75, 3.05) is 39.6 Å². The van der Waals surface area contributed by atoms with Gasteiger partial charge < -0.3 is 33.8 Å². The molecule has 0 heterocycles.